The molecule has 102 heavy (non-hydrogen) atoms. The molecule has 0 saturated carbocycles. The van der Waals surface area contributed by atoms with Gasteiger partial charge in [-0.15, -0.1) is 0 Å². The summed E-state index contributed by atoms with van der Waals surface area (Å²) in [5, 5.41) is 8.31. The van der Waals surface area contributed by atoms with E-state index in [0.29, 0.717) is 28.5 Å². The van der Waals surface area contributed by atoms with E-state index in [4.69, 9.17) is 24.5 Å². The molecule has 12 nitrogen and oxygen atoms in total. The summed E-state index contributed by atoms with van der Waals surface area (Å²) in [4.78, 5) is 18.5. The monoisotopic (exact) mass is 1360 g/mol. The van der Waals surface area contributed by atoms with Gasteiger partial charge in [0.05, 0.1) is 22.3 Å². The van der Waals surface area contributed by atoms with Gasteiger partial charge in [0.15, 0.2) is 47.1 Å². The van der Waals surface area contributed by atoms with Gasteiger partial charge in [0.25, 0.3) is 0 Å². The van der Waals surface area contributed by atoms with Crippen LogP contribution in [0.25, 0.3) is 133 Å². The van der Waals surface area contributed by atoms with Gasteiger partial charge in [-0.2, -0.15) is 0 Å². The zero-order valence-corrected chi connectivity index (χ0v) is 63.0. The number of aromatic nitrogens is 8. The van der Waals surface area contributed by atoms with Crippen molar-refractivity contribution in [2.75, 3.05) is 0 Å². The lowest BCUT2D eigenvalue weighted by molar-refractivity contribution is -0.660. The number of hydrogen-bond donors (Lipinski definition) is 0. The Morgan fingerprint density at radius 1 is 0.343 bits per heavy atom. The molecule has 0 aliphatic heterocycles. The zero-order valence-electron chi connectivity index (χ0n) is 68.0. The number of pyridine rings is 8. The Kier molecular flexibility index (Phi) is 17.2. The molecule has 0 N–H and O–H groups in total. The Hall–Kier alpha value is -10.7. The summed E-state index contributed by atoms with van der Waals surface area (Å²) >= 11 is 0. The number of aryl methyl sites for hydroxylation is 18. The van der Waals surface area contributed by atoms with Gasteiger partial charge in [0.1, 0.15) is 28.2 Å². The van der Waals surface area contributed by atoms with Crippen molar-refractivity contribution in [1.82, 2.24) is 19.9 Å². The molecule has 0 amide bonds. The van der Waals surface area contributed by atoms with Gasteiger partial charge in [-0.3, -0.25) is 0 Å². The van der Waals surface area contributed by atoms with Crippen LogP contribution in [-0.2, 0) is 41.0 Å². The third-order valence-electron chi connectivity index (χ3n) is 20.4. The van der Waals surface area contributed by atoms with Crippen molar-refractivity contribution in [1.29, 1.82) is 0 Å². The van der Waals surface area contributed by atoms with Crippen molar-refractivity contribution < 1.29 is 42.8 Å². The minimum atomic E-state index is -2.39. The van der Waals surface area contributed by atoms with Gasteiger partial charge in [0.2, 0.25) is 45.6 Å². The fourth-order valence-electron chi connectivity index (χ4n) is 14.1. The van der Waals surface area contributed by atoms with E-state index in [1.807, 2.05) is 58.2 Å². The van der Waals surface area contributed by atoms with E-state index >= 15 is 0 Å². The molecule has 516 valence electrons. The van der Waals surface area contributed by atoms with E-state index in [1.165, 1.54) is 73.8 Å². The largest absolute Gasteiger partial charge is 0.437 e. The van der Waals surface area contributed by atoms with Crippen LogP contribution in [0.4, 0.5) is 0 Å². The van der Waals surface area contributed by atoms with Gasteiger partial charge < -0.3 is 17.7 Å². The fourth-order valence-corrected chi connectivity index (χ4v) is 14.1. The van der Waals surface area contributed by atoms with Gasteiger partial charge in [-0.05, 0) is 208 Å². The first-order chi connectivity index (χ1) is 50.5. The second-order valence-electron chi connectivity index (χ2n) is 28.5. The van der Waals surface area contributed by atoms with Crippen LogP contribution in [0.1, 0.15) is 137 Å². The summed E-state index contributed by atoms with van der Waals surface area (Å²) in [6.45, 7) is 32.3. The molecule has 0 fully saturated rings. The lowest BCUT2D eigenvalue weighted by Gasteiger charge is -2.07. The average molecular weight is 1360 g/mol. The maximum Gasteiger partial charge on any atom is 0.227 e. The minimum Gasteiger partial charge on any atom is -0.437 e. The Morgan fingerprint density at radius 3 is 0.971 bits per heavy atom. The molecule has 1 atom stereocenters. The van der Waals surface area contributed by atoms with Crippen LogP contribution in [0.15, 0.2) is 164 Å². The molecule has 12 heterocycles. The van der Waals surface area contributed by atoms with Gasteiger partial charge in [0, 0.05) is 119 Å². The Morgan fingerprint density at radius 2 is 0.637 bits per heavy atom. The van der Waals surface area contributed by atoms with Crippen molar-refractivity contribution in [3.63, 3.8) is 0 Å². The predicted octanol–water partition coefficient (Wildman–Crippen LogP) is 20.8. The Bertz CT molecular complexity index is 6260. The Balaban J connectivity index is 0.000000127. The maximum atomic E-state index is 8.26. The summed E-state index contributed by atoms with van der Waals surface area (Å²) in [6.07, 6.45) is 9.56. The topological polar surface area (TPSA) is 120 Å². The highest BCUT2D eigenvalue weighted by Crippen LogP contribution is 2.42. The molecule has 12 aromatic heterocycles. The molecular formula is C90H96N8O4+4. The molecule has 16 aromatic rings. The summed E-state index contributed by atoms with van der Waals surface area (Å²) < 4.78 is 73.0. The van der Waals surface area contributed by atoms with Crippen molar-refractivity contribution in [3.8, 4) is 45.0 Å². The van der Waals surface area contributed by atoms with Crippen LogP contribution >= 0.6 is 0 Å². The summed E-state index contributed by atoms with van der Waals surface area (Å²) in [5.41, 5.74) is 33.0. The molecule has 1 unspecified atom stereocenters. The number of benzene rings is 4. The SMILES string of the molecule is CCc1ccc2c(n1)oc1c(-c3cc(C)c(C)c[n+]3C)c(C)ccc12.Cc1ccc2c(n1)oc1c(-c3cc(C)c(C)c[n+]3C)c(C)ccc12.[2H]C(C)(C)c1ccc2c(n1)oc1c(-c3cc(C)c(C)c[n+]3C)c(C)ccc12.[2H]C([2H])([2H])C([2H])(C)Cc1ccc2c(n1)oc1c(-c3cc(C)c(C)c[n+]3C)c(C)ccc12. The van der Waals surface area contributed by atoms with Crippen LogP contribution in [0.5, 0.6) is 0 Å². The fraction of sp³-hybridized carbons (Fsp3) is 0.289. The predicted molar refractivity (Wildman–Crippen MR) is 416 cm³/mol. The number of nitrogens with zero attached hydrogens (tertiary/aromatic N) is 8. The van der Waals surface area contributed by atoms with Crippen LogP contribution in [0.3, 0.4) is 0 Å². The van der Waals surface area contributed by atoms with E-state index < -0.39 is 18.6 Å². The molecule has 4 aromatic carbocycles. The van der Waals surface area contributed by atoms with E-state index in [9.17, 15) is 0 Å². The molecule has 0 aliphatic carbocycles. The lowest BCUT2D eigenvalue weighted by atomic mass is 9.99. The van der Waals surface area contributed by atoms with E-state index in [2.05, 4.69) is 259 Å². The van der Waals surface area contributed by atoms with E-state index in [1.54, 1.807) is 6.07 Å². The second kappa shape index (κ2) is 27.7. The zero-order chi connectivity index (χ0) is 76.9. The van der Waals surface area contributed by atoms with Crippen molar-refractivity contribution >= 4 is 88.3 Å². The normalized spacial score (nSPS) is 13.2. The minimum absolute atomic E-state index is 0.0223. The summed E-state index contributed by atoms with van der Waals surface area (Å²) in [5.74, 6) is -2.37. The molecular weight excluding hydrogens is 1260 g/mol. The number of furan rings is 4. The molecule has 0 spiro atoms. The Labute approximate surface area is 606 Å². The molecule has 12 heteroatoms. The van der Waals surface area contributed by atoms with Crippen molar-refractivity contribution in [2.45, 2.75) is 143 Å². The summed E-state index contributed by atoms with van der Waals surface area (Å²) in [7, 11) is 8.28. The van der Waals surface area contributed by atoms with Crippen LogP contribution in [0, 0.1) is 95.9 Å². The van der Waals surface area contributed by atoms with E-state index in [0.717, 1.165) is 134 Å². The molecule has 0 radical (unpaired) electrons. The average Bonchev–Trinajstić information content (AvgIpc) is 1.64. The van der Waals surface area contributed by atoms with Crippen molar-refractivity contribution in [2.24, 2.45) is 34.1 Å². The third kappa shape index (κ3) is 13.0. The first-order valence-corrected chi connectivity index (χ1v) is 35.2. The van der Waals surface area contributed by atoms with Crippen LogP contribution in [-0.4, -0.2) is 19.9 Å². The highest BCUT2D eigenvalue weighted by Gasteiger charge is 2.27. The molecule has 0 aliphatic rings. The molecule has 0 bridgehead atoms. The standard InChI is InChI=1S/C24H27N2O.C23H25N2O.C22H23N2O.C21H21N2O/c1-14(2)11-18-8-10-20-19-9-7-15(3)22(23(19)27-24(20)25-18)21-12-16(4)17(5)13-26(21)6;1-13(2)19-10-9-18-17-8-7-14(3)21(22(17)26-23(18)24-19)20-11-15(4)16(5)12-25(20)6;1-6-16-8-10-18-17-9-7-13(2)20(21(17)25-22(18)23-16)19-11-14(3)15(4)12-24(19)5;1-12-6-8-16-17-9-7-15(4)22-21(17)24-20(16)19(12)18-10-13(2)14(3)11-23(18)5/h7-10,12-14H,11H2,1-6H3;7-13H,1-6H3;7-12H,6H2,1-5H3;6-11H,1-5H3/q4*+1/i1D3,14D;13D;;. The lowest BCUT2D eigenvalue weighted by Crippen LogP contribution is -2.31. The first kappa shape index (κ1) is 63.5. The quantitative estimate of drug-likeness (QED) is 0.138. The smallest absolute Gasteiger partial charge is 0.227 e. The number of hydrogen-bond acceptors (Lipinski definition) is 8. The molecule has 16 rings (SSSR count). The maximum absolute atomic E-state index is 8.26. The summed E-state index contributed by atoms with van der Waals surface area (Å²) in [6, 6.07) is 41.9. The highest BCUT2D eigenvalue weighted by molar-refractivity contribution is 6.12. The van der Waals surface area contributed by atoms with Crippen LogP contribution in [0.2, 0.25) is 0 Å². The number of rotatable bonds is 8. The first-order valence-electron chi connectivity index (χ1n) is 37.7. The molecule has 0 saturated heterocycles. The highest BCUT2D eigenvalue weighted by atomic mass is 16.4. The second-order valence-corrected chi connectivity index (χ2v) is 28.5. The van der Waals surface area contributed by atoms with E-state index in [-0.39, 0.29) is 6.42 Å². The van der Waals surface area contributed by atoms with Crippen LogP contribution < -0.4 is 18.3 Å². The number of fused-ring (bicyclic) bond motifs is 12. The van der Waals surface area contributed by atoms with Gasteiger partial charge in [-0.1, -0.05) is 83.1 Å². The van der Waals surface area contributed by atoms with Crippen molar-refractivity contribution in [3.05, 3.63) is 236 Å². The van der Waals surface area contributed by atoms with Gasteiger partial charge in [-0.25, -0.2) is 38.2 Å². The third-order valence-corrected chi connectivity index (χ3v) is 20.4. The van der Waals surface area contributed by atoms with Gasteiger partial charge >= 0.3 is 0 Å².